The zero-order valence-electron chi connectivity index (χ0n) is 9.21. The Bertz CT molecular complexity index is 503. The van der Waals surface area contributed by atoms with Crippen molar-refractivity contribution in [2.75, 3.05) is 13.1 Å². The Kier molecular flexibility index (Phi) is 3.46. The number of rotatable bonds is 3. The third-order valence-corrected chi connectivity index (χ3v) is 4.57. The van der Waals surface area contributed by atoms with Crippen molar-refractivity contribution in [3.8, 4) is 0 Å². The molecule has 0 spiro atoms. The van der Waals surface area contributed by atoms with Gasteiger partial charge in [-0.05, 0) is 24.1 Å². The third-order valence-electron chi connectivity index (χ3n) is 2.76. The van der Waals surface area contributed by atoms with Crippen LogP contribution in [0.3, 0.4) is 0 Å². The summed E-state index contributed by atoms with van der Waals surface area (Å²) in [5, 5.41) is 9.31. The van der Waals surface area contributed by atoms with Gasteiger partial charge in [-0.1, -0.05) is 12.1 Å². The van der Waals surface area contributed by atoms with Gasteiger partial charge in [-0.3, -0.25) is 0 Å². The fourth-order valence-corrected chi connectivity index (χ4v) is 3.46. The zero-order valence-corrected chi connectivity index (χ0v) is 10.0. The molecule has 1 aromatic rings. The van der Waals surface area contributed by atoms with Gasteiger partial charge in [0, 0.05) is 13.1 Å². The Labute approximate surface area is 99.7 Å². The second-order valence-electron chi connectivity index (χ2n) is 4.19. The Hall–Kier alpha value is -0.980. The molecule has 1 fully saturated rings. The standard InChI is InChI=1S/C11H14FNO3S/c12-10-3-1-2-9(6-10)8-17(15,16)13-5-4-11(14)7-13/h1-3,6,11,14H,4-5,7-8H2/t11-/m0/s1. The van der Waals surface area contributed by atoms with Crippen LogP contribution in [0.1, 0.15) is 12.0 Å². The summed E-state index contributed by atoms with van der Waals surface area (Å²) < 4.78 is 38.1. The molecular weight excluding hydrogens is 245 g/mol. The van der Waals surface area contributed by atoms with Crippen LogP contribution in [-0.2, 0) is 15.8 Å². The van der Waals surface area contributed by atoms with Gasteiger partial charge >= 0.3 is 0 Å². The maximum Gasteiger partial charge on any atom is 0.218 e. The summed E-state index contributed by atoms with van der Waals surface area (Å²) in [5.74, 6) is -0.670. The molecule has 0 bridgehead atoms. The minimum atomic E-state index is -3.46. The Morgan fingerprint density at radius 1 is 1.47 bits per heavy atom. The molecule has 0 amide bonds. The first kappa shape index (κ1) is 12.5. The van der Waals surface area contributed by atoms with Gasteiger partial charge in [-0.15, -0.1) is 0 Å². The van der Waals surface area contributed by atoms with Crippen molar-refractivity contribution in [3.05, 3.63) is 35.6 Å². The maximum atomic E-state index is 12.9. The minimum Gasteiger partial charge on any atom is -0.392 e. The molecule has 0 unspecified atom stereocenters. The number of nitrogens with zero attached hydrogens (tertiary/aromatic N) is 1. The summed E-state index contributed by atoms with van der Waals surface area (Å²) >= 11 is 0. The van der Waals surface area contributed by atoms with E-state index in [0.29, 0.717) is 18.5 Å². The number of aliphatic hydroxyl groups excluding tert-OH is 1. The lowest BCUT2D eigenvalue weighted by molar-refractivity contribution is 0.189. The molecule has 0 saturated carbocycles. The largest absolute Gasteiger partial charge is 0.392 e. The lowest BCUT2D eigenvalue weighted by Crippen LogP contribution is -2.30. The van der Waals surface area contributed by atoms with E-state index < -0.39 is 21.9 Å². The normalized spacial score (nSPS) is 21.9. The topological polar surface area (TPSA) is 57.6 Å². The van der Waals surface area contributed by atoms with Gasteiger partial charge in [0.25, 0.3) is 0 Å². The molecule has 1 saturated heterocycles. The number of sulfonamides is 1. The number of hydrogen-bond donors (Lipinski definition) is 1. The minimum absolute atomic E-state index is 0.137. The monoisotopic (exact) mass is 259 g/mol. The van der Waals surface area contributed by atoms with Crippen LogP contribution in [0.25, 0.3) is 0 Å². The highest BCUT2D eigenvalue weighted by molar-refractivity contribution is 7.88. The molecule has 2 rings (SSSR count). The van der Waals surface area contributed by atoms with Gasteiger partial charge in [0.15, 0.2) is 0 Å². The molecule has 1 aliphatic rings. The van der Waals surface area contributed by atoms with E-state index in [2.05, 4.69) is 0 Å². The van der Waals surface area contributed by atoms with Crippen molar-refractivity contribution in [3.63, 3.8) is 0 Å². The van der Waals surface area contributed by atoms with Crippen molar-refractivity contribution in [1.82, 2.24) is 4.31 Å². The first-order valence-corrected chi connectivity index (χ1v) is 6.98. The molecule has 0 radical (unpaired) electrons. The SMILES string of the molecule is O=S(=O)(Cc1cccc(F)c1)N1CC[C@H](O)C1. The second kappa shape index (κ2) is 4.72. The van der Waals surface area contributed by atoms with Crippen LogP contribution >= 0.6 is 0 Å². The summed E-state index contributed by atoms with van der Waals surface area (Å²) in [7, 11) is -3.46. The molecule has 0 aliphatic carbocycles. The van der Waals surface area contributed by atoms with Crippen LogP contribution in [-0.4, -0.2) is 37.0 Å². The molecule has 1 aliphatic heterocycles. The maximum absolute atomic E-state index is 12.9. The smallest absolute Gasteiger partial charge is 0.218 e. The summed E-state index contributed by atoms with van der Waals surface area (Å²) in [4.78, 5) is 0. The van der Waals surface area contributed by atoms with E-state index in [9.17, 15) is 17.9 Å². The molecule has 1 atom stereocenters. The second-order valence-corrected chi connectivity index (χ2v) is 6.16. The molecule has 0 aromatic heterocycles. The lowest BCUT2D eigenvalue weighted by atomic mass is 10.2. The van der Waals surface area contributed by atoms with Gasteiger partial charge < -0.3 is 5.11 Å². The fraction of sp³-hybridized carbons (Fsp3) is 0.455. The highest BCUT2D eigenvalue weighted by atomic mass is 32.2. The molecule has 94 valence electrons. The molecule has 17 heavy (non-hydrogen) atoms. The van der Waals surface area contributed by atoms with Crippen LogP contribution in [0, 0.1) is 5.82 Å². The Morgan fingerprint density at radius 3 is 2.82 bits per heavy atom. The van der Waals surface area contributed by atoms with Crippen LogP contribution < -0.4 is 0 Å². The number of halogens is 1. The molecule has 4 nitrogen and oxygen atoms in total. The summed E-state index contributed by atoms with van der Waals surface area (Å²) in [5.41, 5.74) is 0.423. The summed E-state index contributed by atoms with van der Waals surface area (Å²) in [6.07, 6.45) is -0.125. The first-order valence-electron chi connectivity index (χ1n) is 5.38. The zero-order chi connectivity index (χ0) is 12.5. The van der Waals surface area contributed by atoms with Crippen LogP contribution in [0.4, 0.5) is 4.39 Å². The van der Waals surface area contributed by atoms with E-state index in [4.69, 9.17) is 0 Å². The van der Waals surface area contributed by atoms with Gasteiger partial charge in [-0.2, -0.15) is 4.31 Å². The van der Waals surface area contributed by atoms with E-state index in [-0.39, 0.29) is 12.3 Å². The van der Waals surface area contributed by atoms with Crippen LogP contribution in [0.15, 0.2) is 24.3 Å². The van der Waals surface area contributed by atoms with Gasteiger partial charge in [-0.25, -0.2) is 12.8 Å². The fourth-order valence-electron chi connectivity index (χ4n) is 1.89. The van der Waals surface area contributed by atoms with E-state index in [1.165, 1.54) is 22.5 Å². The highest BCUT2D eigenvalue weighted by Gasteiger charge is 2.30. The molecule has 1 heterocycles. The third kappa shape index (κ3) is 3.02. The molecule has 1 N–H and O–H groups in total. The predicted molar refractivity (Wildman–Crippen MR) is 61.2 cm³/mol. The first-order chi connectivity index (χ1) is 7.97. The van der Waals surface area contributed by atoms with E-state index in [1.807, 2.05) is 0 Å². The predicted octanol–water partition coefficient (Wildman–Crippen LogP) is 0.722. The number of β-amino-alcohol motifs (C(OH)–C–C–N with tert-alkyl or cyclic N) is 1. The summed E-state index contributed by atoms with van der Waals surface area (Å²) in [6, 6.07) is 5.55. The van der Waals surface area contributed by atoms with Crippen LogP contribution in [0.5, 0.6) is 0 Å². The van der Waals surface area contributed by atoms with Crippen molar-refractivity contribution in [2.45, 2.75) is 18.3 Å². The van der Waals surface area contributed by atoms with E-state index in [0.717, 1.165) is 0 Å². The molecule has 6 heteroatoms. The van der Waals surface area contributed by atoms with Crippen molar-refractivity contribution < 1.29 is 17.9 Å². The lowest BCUT2D eigenvalue weighted by Gasteiger charge is -2.15. The highest BCUT2D eigenvalue weighted by Crippen LogP contribution is 2.17. The quantitative estimate of drug-likeness (QED) is 0.870. The Balaban J connectivity index is 2.12. The van der Waals surface area contributed by atoms with Crippen LogP contribution in [0.2, 0.25) is 0 Å². The van der Waals surface area contributed by atoms with Gasteiger partial charge in [0.05, 0.1) is 11.9 Å². The molecule has 1 aromatic carbocycles. The van der Waals surface area contributed by atoms with E-state index >= 15 is 0 Å². The number of aliphatic hydroxyl groups is 1. The summed E-state index contributed by atoms with van der Waals surface area (Å²) in [6.45, 7) is 0.469. The molecular formula is C11H14FNO3S. The van der Waals surface area contributed by atoms with Crippen molar-refractivity contribution >= 4 is 10.0 Å². The average molecular weight is 259 g/mol. The van der Waals surface area contributed by atoms with Gasteiger partial charge in [0.2, 0.25) is 10.0 Å². The van der Waals surface area contributed by atoms with Crippen molar-refractivity contribution in [1.29, 1.82) is 0 Å². The Morgan fingerprint density at radius 2 is 2.24 bits per heavy atom. The number of benzene rings is 1. The average Bonchev–Trinajstić information content (AvgIpc) is 2.65. The number of hydrogen-bond acceptors (Lipinski definition) is 3. The van der Waals surface area contributed by atoms with Gasteiger partial charge in [0.1, 0.15) is 5.82 Å². The van der Waals surface area contributed by atoms with E-state index in [1.54, 1.807) is 6.07 Å². The van der Waals surface area contributed by atoms with Crippen molar-refractivity contribution in [2.24, 2.45) is 0 Å².